The second-order valence-corrected chi connectivity index (χ2v) is 5.86. The lowest BCUT2D eigenvalue weighted by Gasteiger charge is -2.20. The number of aryl methyl sites for hydroxylation is 3. The summed E-state index contributed by atoms with van der Waals surface area (Å²) < 4.78 is 0. The SMILES string of the molecule is CCCc1cc(CCC)c(C([O])CCC)c(CCC)c1. The van der Waals surface area contributed by atoms with Gasteiger partial charge in [0, 0.05) is 0 Å². The highest BCUT2D eigenvalue weighted by Gasteiger charge is 2.18. The van der Waals surface area contributed by atoms with Crippen molar-refractivity contribution in [2.24, 2.45) is 0 Å². The van der Waals surface area contributed by atoms with E-state index in [2.05, 4.69) is 39.8 Å². The van der Waals surface area contributed by atoms with Crippen molar-refractivity contribution < 1.29 is 5.11 Å². The zero-order valence-corrected chi connectivity index (χ0v) is 13.8. The summed E-state index contributed by atoms with van der Waals surface area (Å²) in [5, 5.41) is 12.6. The van der Waals surface area contributed by atoms with E-state index in [1.54, 1.807) is 0 Å². The van der Waals surface area contributed by atoms with Crippen LogP contribution in [0.1, 0.15) is 88.2 Å². The van der Waals surface area contributed by atoms with E-state index in [0.717, 1.165) is 50.5 Å². The molecule has 1 aromatic carbocycles. The highest BCUT2D eigenvalue weighted by Crippen LogP contribution is 2.30. The third-order valence-electron chi connectivity index (χ3n) is 3.86. The molecule has 0 aromatic heterocycles. The first-order chi connectivity index (χ1) is 9.67. The van der Waals surface area contributed by atoms with E-state index >= 15 is 0 Å². The van der Waals surface area contributed by atoms with Gasteiger partial charge in [0.2, 0.25) is 0 Å². The van der Waals surface area contributed by atoms with Gasteiger partial charge in [0.25, 0.3) is 0 Å². The lowest BCUT2D eigenvalue weighted by atomic mass is 9.87. The Kier molecular flexibility index (Phi) is 7.91. The number of rotatable bonds is 9. The van der Waals surface area contributed by atoms with Gasteiger partial charge in [-0.15, -0.1) is 0 Å². The van der Waals surface area contributed by atoms with Gasteiger partial charge in [0.15, 0.2) is 0 Å². The first-order valence-electron chi connectivity index (χ1n) is 8.48. The summed E-state index contributed by atoms with van der Waals surface area (Å²) in [6.07, 6.45) is 7.84. The van der Waals surface area contributed by atoms with Gasteiger partial charge in [0.1, 0.15) is 6.10 Å². The Balaban J connectivity index is 3.25. The van der Waals surface area contributed by atoms with E-state index in [0.29, 0.717) is 0 Å². The van der Waals surface area contributed by atoms with Crippen LogP contribution in [0.25, 0.3) is 0 Å². The molecule has 1 unspecified atom stereocenters. The third-order valence-corrected chi connectivity index (χ3v) is 3.86. The maximum Gasteiger partial charge on any atom is 0.118 e. The summed E-state index contributed by atoms with van der Waals surface area (Å²) in [6, 6.07) is 4.62. The van der Waals surface area contributed by atoms with Crippen LogP contribution in [0.3, 0.4) is 0 Å². The number of hydrogen-bond acceptors (Lipinski definition) is 0. The minimum Gasteiger partial charge on any atom is -0.228 e. The Morgan fingerprint density at radius 2 is 1.30 bits per heavy atom. The molecular weight excluding hydrogens is 244 g/mol. The topological polar surface area (TPSA) is 19.9 Å². The summed E-state index contributed by atoms with van der Waals surface area (Å²) in [6.45, 7) is 8.74. The Bertz CT molecular complexity index is 368. The molecule has 113 valence electrons. The average molecular weight is 275 g/mol. The Morgan fingerprint density at radius 1 is 0.800 bits per heavy atom. The summed E-state index contributed by atoms with van der Waals surface area (Å²) >= 11 is 0. The Hall–Kier alpha value is -0.820. The lowest BCUT2D eigenvalue weighted by molar-refractivity contribution is 0.0789. The van der Waals surface area contributed by atoms with Crippen molar-refractivity contribution in [1.29, 1.82) is 0 Å². The third kappa shape index (κ3) is 4.63. The Morgan fingerprint density at radius 3 is 1.70 bits per heavy atom. The minimum atomic E-state index is -0.529. The normalized spacial score (nSPS) is 12.7. The molecular formula is C19H31O. The summed E-state index contributed by atoms with van der Waals surface area (Å²) in [5.74, 6) is 0. The molecule has 0 saturated carbocycles. The smallest absolute Gasteiger partial charge is 0.118 e. The van der Waals surface area contributed by atoms with Crippen LogP contribution in [0, 0.1) is 0 Å². The molecule has 20 heavy (non-hydrogen) atoms. The molecule has 0 bridgehead atoms. The molecule has 0 fully saturated rings. The van der Waals surface area contributed by atoms with Gasteiger partial charge in [-0.25, -0.2) is 5.11 Å². The van der Waals surface area contributed by atoms with Crippen LogP contribution in [-0.2, 0) is 24.4 Å². The Labute approximate surface area is 125 Å². The molecule has 0 spiro atoms. The van der Waals surface area contributed by atoms with E-state index in [1.807, 2.05) is 0 Å². The van der Waals surface area contributed by atoms with Crippen LogP contribution in [0.5, 0.6) is 0 Å². The van der Waals surface area contributed by atoms with Gasteiger partial charge in [-0.05, 0) is 47.9 Å². The van der Waals surface area contributed by atoms with Crippen molar-refractivity contribution in [3.8, 4) is 0 Å². The van der Waals surface area contributed by atoms with E-state index in [9.17, 15) is 5.11 Å². The van der Waals surface area contributed by atoms with Gasteiger partial charge in [-0.3, -0.25) is 0 Å². The van der Waals surface area contributed by atoms with Gasteiger partial charge in [-0.1, -0.05) is 65.5 Å². The van der Waals surface area contributed by atoms with Gasteiger partial charge in [0.05, 0.1) is 0 Å². The molecule has 1 nitrogen and oxygen atoms in total. The van der Waals surface area contributed by atoms with Crippen molar-refractivity contribution in [3.05, 3.63) is 34.4 Å². The average Bonchev–Trinajstić information content (AvgIpc) is 2.40. The zero-order valence-electron chi connectivity index (χ0n) is 13.8. The second kappa shape index (κ2) is 9.18. The monoisotopic (exact) mass is 275 g/mol. The number of hydrogen-bond donors (Lipinski definition) is 0. The van der Waals surface area contributed by atoms with Gasteiger partial charge < -0.3 is 0 Å². The predicted octanol–water partition coefficient (Wildman–Crippen LogP) is 5.82. The predicted molar refractivity (Wildman–Crippen MR) is 86.8 cm³/mol. The first kappa shape index (κ1) is 17.2. The van der Waals surface area contributed by atoms with Gasteiger partial charge >= 0.3 is 0 Å². The fourth-order valence-corrected chi connectivity index (χ4v) is 3.06. The summed E-state index contributed by atoms with van der Waals surface area (Å²) in [5.41, 5.74) is 5.22. The first-order valence-corrected chi connectivity index (χ1v) is 8.48. The van der Waals surface area contributed by atoms with Gasteiger partial charge in [-0.2, -0.15) is 0 Å². The molecule has 1 rings (SSSR count). The maximum atomic E-state index is 12.6. The van der Waals surface area contributed by atoms with Crippen LogP contribution >= 0.6 is 0 Å². The number of benzene rings is 1. The largest absolute Gasteiger partial charge is 0.228 e. The van der Waals surface area contributed by atoms with Crippen LogP contribution in [0.4, 0.5) is 0 Å². The summed E-state index contributed by atoms with van der Waals surface area (Å²) in [4.78, 5) is 0. The highest BCUT2D eigenvalue weighted by atomic mass is 16.3. The maximum absolute atomic E-state index is 12.6. The van der Waals surface area contributed by atoms with E-state index in [-0.39, 0.29) is 0 Å². The fourth-order valence-electron chi connectivity index (χ4n) is 3.06. The van der Waals surface area contributed by atoms with Crippen molar-refractivity contribution in [2.45, 2.75) is 85.2 Å². The van der Waals surface area contributed by atoms with E-state index in [4.69, 9.17) is 0 Å². The van der Waals surface area contributed by atoms with Crippen LogP contribution in [-0.4, -0.2) is 0 Å². The van der Waals surface area contributed by atoms with Crippen molar-refractivity contribution in [2.75, 3.05) is 0 Å². The summed E-state index contributed by atoms with van der Waals surface area (Å²) in [7, 11) is 0. The molecule has 0 saturated heterocycles. The van der Waals surface area contributed by atoms with Crippen LogP contribution in [0.15, 0.2) is 12.1 Å². The molecule has 0 amide bonds. The molecule has 1 heteroatoms. The van der Waals surface area contributed by atoms with Crippen molar-refractivity contribution >= 4 is 0 Å². The quantitative estimate of drug-likeness (QED) is 0.541. The molecule has 1 atom stereocenters. The molecule has 1 radical (unpaired) electrons. The fraction of sp³-hybridized carbons (Fsp3) is 0.684. The zero-order chi connectivity index (χ0) is 15.0. The molecule has 0 heterocycles. The van der Waals surface area contributed by atoms with Crippen LogP contribution in [0.2, 0.25) is 0 Å². The lowest BCUT2D eigenvalue weighted by Crippen LogP contribution is -2.07. The molecule has 0 aliphatic heterocycles. The highest BCUT2D eigenvalue weighted by molar-refractivity contribution is 5.41. The molecule has 1 aromatic rings. The van der Waals surface area contributed by atoms with Crippen molar-refractivity contribution in [3.63, 3.8) is 0 Å². The van der Waals surface area contributed by atoms with E-state index < -0.39 is 6.10 Å². The minimum absolute atomic E-state index is 0.529. The standard InChI is InChI=1S/C19H31O/c1-5-9-15-13-16(10-6-2)19(18(20)12-8-4)17(14-15)11-7-3/h13-14,18H,5-12H2,1-4H3. The molecule has 0 aliphatic carbocycles. The van der Waals surface area contributed by atoms with Crippen molar-refractivity contribution in [1.82, 2.24) is 0 Å². The second-order valence-electron chi connectivity index (χ2n) is 5.86. The molecule has 0 aliphatic rings. The molecule has 0 N–H and O–H groups in total. The van der Waals surface area contributed by atoms with E-state index in [1.165, 1.54) is 23.1 Å². The van der Waals surface area contributed by atoms with Crippen LogP contribution < -0.4 is 0 Å².